The number of aliphatic hydroxyl groups excluding tert-OH is 2. The predicted octanol–water partition coefficient (Wildman–Crippen LogP) is 1.40. The third-order valence-corrected chi connectivity index (χ3v) is 4.99. The molecule has 1 saturated heterocycles. The summed E-state index contributed by atoms with van der Waals surface area (Å²) in [4.78, 5) is 8.56. The van der Waals surface area contributed by atoms with Crippen molar-refractivity contribution in [1.29, 1.82) is 0 Å². The zero-order valence-electron chi connectivity index (χ0n) is 10.9. The minimum Gasteiger partial charge on any atom is -0.388 e. The van der Waals surface area contributed by atoms with Crippen molar-refractivity contribution in [3.05, 3.63) is 16.1 Å². The lowest BCUT2D eigenvalue weighted by Crippen LogP contribution is -2.30. The molecule has 20 heavy (non-hydrogen) atoms. The van der Waals surface area contributed by atoms with Gasteiger partial charge in [0, 0.05) is 9.77 Å². The van der Waals surface area contributed by atoms with Crippen molar-refractivity contribution >= 4 is 45.4 Å². The van der Waals surface area contributed by atoms with Crippen LogP contribution in [0.1, 0.15) is 13.2 Å². The molecule has 4 atom stereocenters. The zero-order valence-corrected chi connectivity index (χ0v) is 13.9. The smallest absolute Gasteiger partial charge is 0.164 e. The van der Waals surface area contributed by atoms with Crippen LogP contribution < -0.4 is 0 Å². The lowest BCUT2D eigenvalue weighted by molar-refractivity contribution is -0.0297. The highest BCUT2D eigenvalue weighted by Crippen LogP contribution is 2.35. The summed E-state index contributed by atoms with van der Waals surface area (Å²) < 4.78 is 8.43. The molecule has 2 aromatic heterocycles. The number of aromatic nitrogens is 3. The van der Waals surface area contributed by atoms with Crippen molar-refractivity contribution < 1.29 is 14.9 Å². The molecular weight excluding hydrogens is 393 g/mol. The van der Waals surface area contributed by atoms with Gasteiger partial charge < -0.3 is 19.5 Å². The van der Waals surface area contributed by atoms with Crippen LogP contribution in [0.25, 0.3) is 11.0 Å². The predicted molar refractivity (Wildman–Crippen MR) is 83.6 cm³/mol. The van der Waals surface area contributed by atoms with E-state index in [1.807, 2.05) is 12.5 Å². The van der Waals surface area contributed by atoms with Gasteiger partial charge in [0.2, 0.25) is 0 Å². The van der Waals surface area contributed by atoms with Crippen LogP contribution in [0.2, 0.25) is 0 Å². The first-order chi connectivity index (χ1) is 9.54. The Morgan fingerprint density at radius 2 is 2.10 bits per heavy atom. The topological polar surface area (TPSA) is 80.4 Å². The molecule has 8 heteroatoms. The summed E-state index contributed by atoms with van der Waals surface area (Å²) in [5.41, 5.74) is 0.708. The van der Waals surface area contributed by atoms with E-state index in [4.69, 9.17) is 4.74 Å². The molecule has 6 nitrogen and oxygen atoms in total. The Morgan fingerprint density at radius 1 is 1.35 bits per heavy atom. The first kappa shape index (κ1) is 14.5. The van der Waals surface area contributed by atoms with E-state index in [1.165, 1.54) is 6.33 Å². The number of fused-ring (bicyclic) bond motifs is 1. The molecule has 1 fully saturated rings. The van der Waals surface area contributed by atoms with Gasteiger partial charge in [-0.15, -0.1) is 11.8 Å². The molecule has 0 aliphatic carbocycles. The maximum absolute atomic E-state index is 10.1. The maximum atomic E-state index is 10.1. The summed E-state index contributed by atoms with van der Waals surface area (Å²) in [6.45, 7) is 1.74. The van der Waals surface area contributed by atoms with E-state index in [-0.39, 0.29) is 0 Å². The Morgan fingerprint density at radius 3 is 2.70 bits per heavy atom. The van der Waals surface area contributed by atoms with E-state index in [2.05, 4.69) is 32.6 Å². The average Bonchev–Trinajstić information content (AvgIpc) is 2.91. The van der Waals surface area contributed by atoms with Gasteiger partial charge in [0.1, 0.15) is 29.2 Å². The fraction of sp³-hybridized carbons (Fsp3) is 0.500. The molecule has 3 heterocycles. The van der Waals surface area contributed by atoms with Crippen molar-refractivity contribution in [2.24, 2.45) is 0 Å². The Labute approximate surface area is 133 Å². The number of nitrogens with zero attached hydrogens (tertiary/aromatic N) is 3. The average molecular weight is 407 g/mol. The molecule has 1 unspecified atom stereocenters. The van der Waals surface area contributed by atoms with Crippen LogP contribution in [0.5, 0.6) is 0 Å². The molecular formula is C12H14IN3O3S. The third kappa shape index (κ3) is 2.13. The molecule has 0 saturated carbocycles. The van der Waals surface area contributed by atoms with E-state index in [0.717, 1.165) is 14.0 Å². The molecule has 108 valence electrons. The monoisotopic (exact) mass is 407 g/mol. The highest BCUT2D eigenvalue weighted by Gasteiger charge is 2.42. The SMILES string of the molecule is CSc1ncnc2c1c(I)cn2C1O[C@H](C)[C@@H](O)[C@H]1O. The van der Waals surface area contributed by atoms with Crippen molar-refractivity contribution in [3.63, 3.8) is 0 Å². The van der Waals surface area contributed by atoms with E-state index in [1.54, 1.807) is 23.3 Å². The second kappa shape index (κ2) is 5.41. The van der Waals surface area contributed by atoms with Gasteiger partial charge >= 0.3 is 0 Å². The van der Waals surface area contributed by atoms with Gasteiger partial charge in [0.15, 0.2) is 6.23 Å². The standard InChI is InChI=1S/C12H14IN3O3S/c1-5-8(17)9(18)12(19-5)16-3-6(13)7-10(16)14-4-15-11(7)20-2/h3-5,8-9,12,17-18H,1-2H3/t5-,8-,9-,12?/m1/s1. The minimum absolute atomic E-state index is 0.410. The van der Waals surface area contributed by atoms with Gasteiger partial charge in [-0.3, -0.25) is 0 Å². The Balaban J connectivity index is 2.14. The van der Waals surface area contributed by atoms with Gasteiger partial charge in [-0.2, -0.15) is 0 Å². The van der Waals surface area contributed by atoms with Crippen LogP contribution in [0.4, 0.5) is 0 Å². The highest BCUT2D eigenvalue weighted by molar-refractivity contribution is 14.1. The van der Waals surface area contributed by atoms with Crippen LogP contribution in [-0.4, -0.2) is 49.3 Å². The van der Waals surface area contributed by atoms with Crippen LogP contribution >= 0.6 is 34.4 Å². The number of halogens is 1. The number of hydrogen-bond donors (Lipinski definition) is 2. The third-order valence-electron chi connectivity index (χ3n) is 3.47. The molecule has 0 bridgehead atoms. The number of rotatable bonds is 2. The summed E-state index contributed by atoms with van der Waals surface area (Å²) in [7, 11) is 0. The second-order valence-corrected chi connectivity index (χ2v) is 6.64. The number of aliphatic hydroxyl groups is 2. The van der Waals surface area contributed by atoms with Crippen LogP contribution in [0, 0.1) is 3.57 Å². The molecule has 2 N–H and O–H groups in total. The molecule has 0 amide bonds. The normalized spacial score (nSPS) is 30.2. The molecule has 2 aromatic rings. The first-order valence-electron chi connectivity index (χ1n) is 6.11. The van der Waals surface area contributed by atoms with Crippen molar-refractivity contribution in [2.45, 2.75) is 36.5 Å². The Hall–Kier alpha value is -0.420. The number of thioether (sulfide) groups is 1. The summed E-state index contributed by atoms with van der Waals surface area (Å²) in [6, 6.07) is 0. The van der Waals surface area contributed by atoms with E-state index >= 15 is 0 Å². The molecule has 3 rings (SSSR count). The van der Waals surface area contributed by atoms with Crippen molar-refractivity contribution in [2.75, 3.05) is 6.26 Å². The van der Waals surface area contributed by atoms with Gasteiger partial charge in [0.25, 0.3) is 0 Å². The van der Waals surface area contributed by atoms with Crippen LogP contribution in [0.15, 0.2) is 17.6 Å². The quantitative estimate of drug-likeness (QED) is 0.445. The van der Waals surface area contributed by atoms with E-state index < -0.39 is 24.5 Å². The maximum Gasteiger partial charge on any atom is 0.164 e. The minimum atomic E-state index is -0.968. The number of ether oxygens (including phenoxy) is 1. The lowest BCUT2D eigenvalue weighted by atomic mass is 10.1. The van der Waals surface area contributed by atoms with Gasteiger partial charge in [-0.1, -0.05) is 0 Å². The van der Waals surface area contributed by atoms with Crippen LogP contribution in [-0.2, 0) is 4.74 Å². The summed E-state index contributed by atoms with van der Waals surface area (Å²) in [5.74, 6) is 0. The summed E-state index contributed by atoms with van der Waals surface area (Å²) in [6.07, 6.45) is 2.44. The molecule has 0 radical (unpaired) electrons. The largest absolute Gasteiger partial charge is 0.388 e. The van der Waals surface area contributed by atoms with Gasteiger partial charge in [-0.05, 0) is 35.8 Å². The van der Waals surface area contributed by atoms with Gasteiger partial charge in [0.05, 0.1) is 11.5 Å². The fourth-order valence-corrected chi connectivity index (χ4v) is 3.96. The Bertz CT molecular complexity index is 650. The summed E-state index contributed by atoms with van der Waals surface area (Å²) in [5, 5.41) is 21.8. The van der Waals surface area contributed by atoms with Gasteiger partial charge in [-0.25, -0.2) is 9.97 Å². The number of hydrogen-bond acceptors (Lipinski definition) is 6. The summed E-state index contributed by atoms with van der Waals surface area (Å²) >= 11 is 3.77. The molecule has 0 spiro atoms. The van der Waals surface area contributed by atoms with E-state index in [9.17, 15) is 10.2 Å². The lowest BCUT2D eigenvalue weighted by Gasteiger charge is -2.17. The second-order valence-electron chi connectivity index (χ2n) is 4.68. The highest BCUT2D eigenvalue weighted by atomic mass is 127. The molecule has 1 aliphatic rings. The van der Waals surface area contributed by atoms with Crippen molar-refractivity contribution in [3.8, 4) is 0 Å². The molecule has 1 aliphatic heterocycles. The van der Waals surface area contributed by atoms with E-state index in [0.29, 0.717) is 5.65 Å². The first-order valence-corrected chi connectivity index (χ1v) is 8.41. The Kier molecular flexibility index (Phi) is 3.93. The van der Waals surface area contributed by atoms with Crippen LogP contribution in [0.3, 0.4) is 0 Å². The molecule has 0 aromatic carbocycles. The van der Waals surface area contributed by atoms with Crippen molar-refractivity contribution in [1.82, 2.24) is 14.5 Å². The fourth-order valence-electron chi connectivity index (χ4n) is 2.42. The zero-order chi connectivity index (χ0) is 14.4.